The molecule has 152 valence electrons. The summed E-state index contributed by atoms with van der Waals surface area (Å²) in [6, 6.07) is 13.2. The first kappa shape index (κ1) is 20.4. The molecule has 0 unspecified atom stereocenters. The Hall–Kier alpha value is -3.36. The van der Waals surface area contributed by atoms with Crippen LogP contribution in [-0.2, 0) is 11.2 Å². The smallest absolute Gasteiger partial charge is 0.422 e. The van der Waals surface area contributed by atoms with Gasteiger partial charge in [0.15, 0.2) is 18.1 Å². The number of nitrogens with zero attached hydrogens (tertiary/aromatic N) is 2. The van der Waals surface area contributed by atoms with Crippen LogP contribution in [0.15, 0.2) is 52.9 Å². The van der Waals surface area contributed by atoms with Crippen molar-refractivity contribution in [3.8, 4) is 23.0 Å². The van der Waals surface area contributed by atoms with Crippen molar-refractivity contribution in [3.05, 3.63) is 60.0 Å². The van der Waals surface area contributed by atoms with Crippen molar-refractivity contribution in [3.63, 3.8) is 0 Å². The maximum Gasteiger partial charge on any atom is 0.422 e. The average Bonchev–Trinajstić information content (AvgIpc) is 3.15. The molecule has 0 spiro atoms. The summed E-state index contributed by atoms with van der Waals surface area (Å²) in [6.07, 6.45) is -4.46. The standard InChI is InChI=1S/C20H17F3N2O4/c1-13-6-8-14(9-7-13)19-25-24-17(29-19)10-11-18(26)28-16-5-3-2-4-15(16)27-12-20(21,22)23/h2-9H,10-12H2,1H3. The molecule has 3 aromatic rings. The molecule has 0 saturated heterocycles. The molecule has 1 heterocycles. The van der Waals surface area contributed by atoms with Gasteiger partial charge in [-0.25, -0.2) is 0 Å². The first-order chi connectivity index (χ1) is 13.8. The number of para-hydroxylation sites is 2. The number of benzene rings is 2. The number of aryl methyl sites for hydroxylation is 2. The van der Waals surface area contributed by atoms with Crippen molar-refractivity contribution >= 4 is 5.97 Å². The van der Waals surface area contributed by atoms with Crippen LogP contribution in [0.2, 0.25) is 0 Å². The summed E-state index contributed by atoms with van der Waals surface area (Å²) in [5.41, 5.74) is 1.85. The van der Waals surface area contributed by atoms with Gasteiger partial charge in [-0.3, -0.25) is 4.79 Å². The number of carbonyl (C=O) groups is 1. The van der Waals surface area contributed by atoms with Gasteiger partial charge < -0.3 is 13.9 Å². The molecule has 2 aromatic carbocycles. The Morgan fingerprint density at radius 2 is 1.72 bits per heavy atom. The molecule has 9 heteroatoms. The fraction of sp³-hybridized carbons (Fsp3) is 0.250. The Bertz CT molecular complexity index is 968. The molecule has 0 aliphatic rings. The molecule has 3 rings (SSSR count). The minimum atomic E-state index is -4.50. The molecule has 0 bridgehead atoms. The van der Waals surface area contributed by atoms with Gasteiger partial charge in [0, 0.05) is 12.0 Å². The lowest BCUT2D eigenvalue weighted by atomic mass is 10.1. The summed E-state index contributed by atoms with van der Waals surface area (Å²) in [6.45, 7) is 0.478. The van der Waals surface area contributed by atoms with Crippen LogP contribution in [0.25, 0.3) is 11.5 Å². The maximum atomic E-state index is 12.3. The van der Waals surface area contributed by atoms with Gasteiger partial charge in [-0.2, -0.15) is 13.2 Å². The van der Waals surface area contributed by atoms with Crippen molar-refractivity contribution in [2.24, 2.45) is 0 Å². The van der Waals surface area contributed by atoms with E-state index in [0.717, 1.165) is 11.1 Å². The largest absolute Gasteiger partial charge is 0.480 e. The Kier molecular flexibility index (Phi) is 6.16. The van der Waals surface area contributed by atoms with Gasteiger partial charge in [-0.1, -0.05) is 29.8 Å². The number of alkyl halides is 3. The fourth-order valence-corrected chi connectivity index (χ4v) is 2.36. The molecule has 0 N–H and O–H groups in total. The molecule has 1 aromatic heterocycles. The van der Waals surface area contributed by atoms with Crippen LogP contribution in [0, 0.1) is 6.92 Å². The minimum Gasteiger partial charge on any atom is -0.480 e. The second kappa shape index (κ2) is 8.76. The van der Waals surface area contributed by atoms with Gasteiger partial charge in [0.05, 0.1) is 6.42 Å². The molecule has 0 amide bonds. The monoisotopic (exact) mass is 406 g/mol. The van der Waals surface area contributed by atoms with Crippen LogP contribution < -0.4 is 9.47 Å². The van der Waals surface area contributed by atoms with Crippen molar-refractivity contribution in [1.29, 1.82) is 0 Å². The third-order valence-electron chi connectivity index (χ3n) is 3.77. The maximum absolute atomic E-state index is 12.3. The molecule has 0 aliphatic carbocycles. The Labute approximate surface area is 164 Å². The second-order valence-corrected chi connectivity index (χ2v) is 6.19. The second-order valence-electron chi connectivity index (χ2n) is 6.19. The van der Waals surface area contributed by atoms with Crippen LogP contribution in [0.4, 0.5) is 13.2 Å². The Morgan fingerprint density at radius 1 is 1.03 bits per heavy atom. The number of hydrogen-bond acceptors (Lipinski definition) is 6. The summed E-state index contributed by atoms with van der Waals surface area (Å²) in [5.74, 6) is -0.341. The number of aromatic nitrogens is 2. The lowest BCUT2D eigenvalue weighted by Gasteiger charge is -2.12. The van der Waals surface area contributed by atoms with E-state index in [1.807, 2.05) is 31.2 Å². The summed E-state index contributed by atoms with van der Waals surface area (Å²) >= 11 is 0. The van der Waals surface area contributed by atoms with Crippen molar-refractivity contribution < 1.29 is 31.9 Å². The Morgan fingerprint density at radius 3 is 2.41 bits per heavy atom. The highest BCUT2D eigenvalue weighted by atomic mass is 19.4. The number of rotatable bonds is 7. The van der Waals surface area contributed by atoms with E-state index in [1.165, 1.54) is 24.3 Å². The van der Waals surface area contributed by atoms with Crippen molar-refractivity contribution in [2.75, 3.05) is 6.61 Å². The number of carbonyl (C=O) groups excluding carboxylic acids is 1. The van der Waals surface area contributed by atoms with Crippen molar-refractivity contribution in [1.82, 2.24) is 10.2 Å². The highest BCUT2D eigenvalue weighted by Crippen LogP contribution is 2.29. The number of hydrogen-bond donors (Lipinski definition) is 0. The zero-order chi connectivity index (χ0) is 20.9. The van der Waals surface area contributed by atoms with E-state index in [9.17, 15) is 18.0 Å². The van der Waals surface area contributed by atoms with Gasteiger partial charge in [0.2, 0.25) is 11.8 Å². The first-order valence-electron chi connectivity index (χ1n) is 8.69. The summed E-state index contributed by atoms with van der Waals surface area (Å²) in [7, 11) is 0. The van der Waals surface area contributed by atoms with E-state index in [2.05, 4.69) is 14.9 Å². The summed E-state index contributed by atoms with van der Waals surface area (Å²) < 4.78 is 52.3. The van der Waals surface area contributed by atoms with Gasteiger partial charge >= 0.3 is 12.1 Å². The molecule has 0 aliphatic heterocycles. The first-order valence-corrected chi connectivity index (χ1v) is 8.69. The zero-order valence-corrected chi connectivity index (χ0v) is 15.4. The van der Waals surface area contributed by atoms with E-state index in [4.69, 9.17) is 9.15 Å². The Balaban J connectivity index is 1.56. The highest BCUT2D eigenvalue weighted by molar-refractivity contribution is 5.73. The molecular formula is C20H17F3N2O4. The predicted octanol–water partition coefficient (Wildman–Crippen LogP) is 4.52. The van der Waals surface area contributed by atoms with Crippen LogP contribution in [0.5, 0.6) is 11.5 Å². The van der Waals surface area contributed by atoms with E-state index in [1.54, 1.807) is 0 Å². The van der Waals surface area contributed by atoms with Crippen LogP contribution in [0.1, 0.15) is 17.9 Å². The normalized spacial score (nSPS) is 11.3. The predicted molar refractivity (Wildman–Crippen MR) is 96.4 cm³/mol. The third kappa shape index (κ3) is 6.06. The number of esters is 1. The average molecular weight is 406 g/mol. The highest BCUT2D eigenvalue weighted by Gasteiger charge is 2.29. The fourth-order valence-electron chi connectivity index (χ4n) is 2.36. The summed E-state index contributed by atoms with van der Waals surface area (Å²) in [5, 5.41) is 7.84. The van der Waals surface area contributed by atoms with Gasteiger partial charge in [0.1, 0.15) is 0 Å². The molecule has 0 atom stereocenters. The summed E-state index contributed by atoms with van der Waals surface area (Å²) in [4.78, 5) is 12.1. The van der Waals surface area contributed by atoms with E-state index < -0.39 is 18.8 Å². The van der Waals surface area contributed by atoms with Crippen molar-refractivity contribution in [2.45, 2.75) is 25.9 Å². The number of halogens is 3. The topological polar surface area (TPSA) is 74.5 Å². The van der Waals surface area contributed by atoms with Gasteiger partial charge in [-0.05, 0) is 31.2 Å². The number of ether oxygens (including phenoxy) is 2. The third-order valence-corrected chi connectivity index (χ3v) is 3.77. The molecule has 29 heavy (non-hydrogen) atoms. The van der Waals surface area contributed by atoms with Crippen LogP contribution >= 0.6 is 0 Å². The zero-order valence-electron chi connectivity index (χ0n) is 15.4. The minimum absolute atomic E-state index is 0.0902. The lowest BCUT2D eigenvalue weighted by molar-refractivity contribution is -0.153. The van der Waals surface area contributed by atoms with Crippen LogP contribution in [-0.4, -0.2) is 28.9 Å². The molecule has 0 radical (unpaired) electrons. The van der Waals surface area contributed by atoms with Gasteiger partial charge in [-0.15, -0.1) is 10.2 Å². The molecule has 0 fully saturated rings. The molecule has 0 saturated carbocycles. The lowest BCUT2D eigenvalue weighted by Crippen LogP contribution is -2.20. The quantitative estimate of drug-likeness (QED) is 0.424. The molecular weight excluding hydrogens is 389 g/mol. The van der Waals surface area contributed by atoms with Gasteiger partial charge in [0.25, 0.3) is 0 Å². The van der Waals surface area contributed by atoms with E-state index in [0.29, 0.717) is 5.89 Å². The van der Waals surface area contributed by atoms with E-state index in [-0.39, 0.29) is 30.2 Å². The van der Waals surface area contributed by atoms with Crippen LogP contribution in [0.3, 0.4) is 0 Å². The SMILES string of the molecule is Cc1ccc(-c2nnc(CCC(=O)Oc3ccccc3OCC(F)(F)F)o2)cc1. The molecule has 6 nitrogen and oxygen atoms in total. The van der Waals surface area contributed by atoms with E-state index >= 15 is 0 Å².